The van der Waals surface area contributed by atoms with Crippen LogP contribution in [0.1, 0.15) is 25.7 Å². The van der Waals surface area contributed by atoms with Crippen molar-refractivity contribution in [1.29, 1.82) is 0 Å². The second kappa shape index (κ2) is 3.73. The second-order valence-electron chi connectivity index (χ2n) is 6.31. The monoisotopic (exact) mass is 261 g/mol. The van der Waals surface area contributed by atoms with Crippen LogP contribution in [0, 0.1) is 5.41 Å². The molecule has 2 unspecified atom stereocenters. The Kier molecular flexibility index (Phi) is 2.34. The summed E-state index contributed by atoms with van der Waals surface area (Å²) in [6.07, 6.45) is 9.95. The van der Waals surface area contributed by atoms with Gasteiger partial charge in [0.25, 0.3) is 0 Å². The number of rotatable bonds is 0. The zero-order valence-corrected chi connectivity index (χ0v) is 11.9. The van der Waals surface area contributed by atoms with Gasteiger partial charge in [0.2, 0.25) is 0 Å². The minimum atomic E-state index is 0.355. The van der Waals surface area contributed by atoms with Crippen LogP contribution in [0.3, 0.4) is 0 Å². The van der Waals surface area contributed by atoms with Crippen molar-refractivity contribution in [2.75, 3.05) is 32.4 Å². The van der Waals surface area contributed by atoms with Crippen LogP contribution in [0.15, 0.2) is 27.2 Å². The topological polar surface area (TPSA) is 12.4 Å². The summed E-state index contributed by atoms with van der Waals surface area (Å²) in [6.45, 7) is 3.62. The molecule has 4 aliphatic rings. The van der Waals surface area contributed by atoms with Gasteiger partial charge in [-0.05, 0) is 24.2 Å². The first-order valence-corrected chi connectivity index (χ1v) is 8.15. The summed E-state index contributed by atoms with van der Waals surface area (Å²) in [5.41, 5.74) is 3.67. The van der Waals surface area contributed by atoms with Crippen LogP contribution in [0.5, 0.6) is 0 Å². The van der Waals surface area contributed by atoms with Gasteiger partial charge in [-0.25, -0.2) is 0 Å². The van der Waals surface area contributed by atoms with Crippen LogP contribution in [-0.2, 0) is 0 Å². The van der Waals surface area contributed by atoms with Crippen LogP contribution in [0.2, 0.25) is 0 Å². The molecule has 0 aromatic rings. The molecule has 3 aliphatic heterocycles. The minimum absolute atomic E-state index is 0.355. The van der Waals surface area contributed by atoms with Crippen molar-refractivity contribution in [2.45, 2.75) is 25.7 Å². The summed E-state index contributed by atoms with van der Waals surface area (Å²) in [7, 11) is 2.46. The van der Waals surface area contributed by atoms with Gasteiger partial charge in [-0.15, -0.1) is 11.8 Å². The predicted octanol–water partition coefficient (Wildman–Crippen LogP) is 2.98. The maximum absolute atomic E-state index is 4.60. The van der Waals surface area contributed by atoms with E-state index in [1.165, 1.54) is 49.0 Å². The number of hydrogen-bond donors (Lipinski definition) is 0. The Hall–Kier alpha value is -0.540. The average Bonchev–Trinajstić information content (AvgIpc) is 2.54. The highest BCUT2D eigenvalue weighted by Gasteiger charge is 2.56. The van der Waals surface area contributed by atoms with Gasteiger partial charge in [0.05, 0.1) is 25.6 Å². The number of allylic oxidation sites excluding steroid dienone is 1. The number of hydrogen-bond acceptors (Lipinski definition) is 2. The van der Waals surface area contributed by atoms with Gasteiger partial charge in [-0.3, -0.25) is 9.48 Å². The molecule has 3 heteroatoms. The Balaban J connectivity index is 1.94. The number of aliphatic imine (C=N–C) groups is 1. The quantitative estimate of drug-likeness (QED) is 0.611. The average molecular weight is 261 g/mol. The highest BCUT2D eigenvalue weighted by molar-refractivity contribution is 8.03. The Labute approximate surface area is 113 Å². The summed E-state index contributed by atoms with van der Waals surface area (Å²) >= 11 is 2.13. The van der Waals surface area contributed by atoms with E-state index in [2.05, 4.69) is 36.1 Å². The molecule has 4 rings (SSSR count). The third-order valence-corrected chi connectivity index (χ3v) is 6.50. The number of dihydropyridines is 1. The normalized spacial score (nSPS) is 42.2. The molecule has 1 saturated heterocycles. The molecule has 0 radical (unpaired) electrons. The first kappa shape index (κ1) is 11.3. The highest BCUT2D eigenvalue weighted by Crippen LogP contribution is 2.58. The van der Waals surface area contributed by atoms with Crippen molar-refractivity contribution >= 4 is 18.0 Å². The standard InChI is InChI=1S/C15H21N2S/c1-17-8-9-18-14-4-2-3-6-15(14,11-17)12-10-16-7-5-13(12)17/h4,10H,2-3,5-9,11H2,1H3/q+1. The lowest BCUT2D eigenvalue weighted by Gasteiger charge is -2.35. The van der Waals surface area contributed by atoms with E-state index in [0.29, 0.717) is 5.41 Å². The number of nitrogens with zero attached hydrogens (tertiary/aromatic N) is 2. The molecule has 1 spiro atoms. The lowest BCUT2D eigenvalue weighted by atomic mass is 9.73. The van der Waals surface area contributed by atoms with E-state index in [4.69, 9.17) is 0 Å². The molecule has 18 heavy (non-hydrogen) atoms. The lowest BCUT2D eigenvalue weighted by molar-refractivity contribution is -0.869. The molecule has 0 N–H and O–H groups in total. The van der Waals surface area contributed by atoms with Crippen LogP contribution < -0.4 is 0 Å². The van der Waals surface area contributed by atoms with Gasteiger partial charge in [-0.2, -0.15) is 0 Å². The van der Waals surface area contributed by atoms with Gasteiger partial charge in [0.1, 0.15) is 5.70 Å². The van der Waals surface area contributed by atoms with Crippen LogP contribution >= 0.6 is 11.8 Å². The molecule has 1 aliphatic carbocycles. The summed E-state index contributed by atoms with van der Waals surface area (Å²) in [4.78, 5) is 6.27. The van der Waals surface area contributed by atoms with E-state index < -0.39 is 0 Å². The molecule has 96 valence electrons. The Morgan fingerprint density at radius 1 is 1.44 bits per heavy atom. The maximum atomic E-state index is 4.60. The molecular weight excluding hydrogens is 240 g/mol. The van der Waals surface area contributed by atoms with Crippen molar-refractivity contribution < 1.29 is 4.48 Å². The SMILES string of the molecule is C[N+]12CCSC3=CCCCC3(C1)C1=C2CCN=C1. The molecule has 2 bridgehead atoms. The predicted molar refractivity (Wildman–Crippen MR) is 77.7 cm³/mol. The van der Waals surface area contributed by atoms with Crippen molar-refractivity contribution in [3.8, 4) is 0 Å². The van der Waals surface area contributed by atoms with Gasteiger partial charge in [0.15, 0.2) is 0 Å². The van der Waals surface area contributed by atoms with E-state index in [9.17, 15) is 0 Å². The molecule has 0 amide bonds. The van der Waals surface area contributed by atoms with Gasteiger partial charge >= 0.3 is 0 Å². The number of fused-ring (bicyclic) bond motifs is 2. The Morgan fingerprint density at radius 3 is 3.33 bits per heavy atom. The van der Waals surface area contributed by atoms with E-state index in [1.807, 2.05) is 0 Å². The largest absolute Gasteiger partial charge is 0.295 e. The highest BCUT2D eigenvalue weighted by atomic mass is 32.2. The van der Waals surface area contributed by atoms with E-state index in [1.54, 1.807) is 16.2 Å². The van der Waals surface area contributed by atoms with E-state index >= 15 is 0 Å². The fraction of sp³-hybridized carbons (Fsp3) is 0.667. The van der Waals surface area contributed by atoms with Crippen molar-refractivity contribution in [2.24, 2.45) is 10.4 Å². The van der Waals surface area contributed by atoms with E-state index in [-0.39, 0.29) is 0 Å². The third-order valence-electron chi connectivity index (χ3n) is 5.25. The minimum Gasteiger partial charge on any atom is -0.295 e. The van der Waals surface area contributed by atoms with E-state index in [0.717, 1.165) is 6.54 Å². The molecule has 0 aromatic heterocycles. The fourth-order valence-corrected chi connectivity index (χ4v) is 5.92. The molecule has 3 heterocycles. The summed E-state index contributed by atoms with van der Waals surface area (Å²) in [5.74, 6) is 1.29. The summed E-state index contributed by atoms with van der Waals surface area (Å²) in [6, 6.07) is 0. The molecule has 1 fully saturated rings. The van der Waals surface area contributed by atoms with Crippen molar-refractivity contribution in [3.05, 3.63) is 22.3 Å². The van der Waals surface area contributed by atoms with Crippen molar-refractivity contribution in [3.63, 3.8) is 0 Å². The molecule has 0 saturated carbocycles. The first-order chi connectivity index (χ1) is 8.75. The van der Waals surface area contributed by atoms with Gasteiger partial charge < -0.3 is 0 Å². The Bertz CT molecular complexity index is 491. The van der Waals surface area contributed by atoms with Crippen LogP contribution in [-0.4, -0.2) is 43.1 Å². The maximum Gasteiger partial charge on any atom is 0.116 e. The summed E-state index contributed by atoms with van der Waals surface area (Å²) in [5, 5.41) is 0. The second-order valence-corrected chi connectivity index (χ2v) is 7.45. The number of thioether (sulfide) groups is 1. The fourth-order valence-electron chi connectivity index (χ4n) is 4.42. The third kappa shape index (κ3) is 1.32. The van der Waals surface area contributed by atoms with Gasteiger partial charge in [-0.1, -0.05) is 6.08 Å². The summed E-state index contributed by atoms with van der Waals surface area (Å²) < 4.78 is 1.20. The molecule has 0 aromatic carbocycles. The molecule has 2 nitrogen and oxygen atoms in total. The zero-order valence-electron chi connectivity index (χ0n) is 11.1. The smallest absolute Gasteiger partial charge is 0.116 e. The van der Waals surface area contributed by atoms with Gasteiger partial charge in [0, 0.05) is 30.5 Å². The zero-order chi connectivity index (χ0) is 12.2. The number of quaternary nitrogens is 1. The van der Waals surface area contributed by atoms with Crippen LogP contribution in [0.4, 0.5) is 0 Å². The molecular formula is C15H21N2S+. The molecule has 2 atom stereocenters. The lowest BCUT2D eigenvalue weighted by Crippen LogP contribution is -2.45. The van der Waals surface area contributed by atoms with Crippen LogP contribution in [0.25, 0.3) is 0 Å². The van der Waals surface area contributed by atoms with Crippen molar-refractivity contribution in [1.82, 2.24) is 0 Å². The Morgan fingerprint density at radius 2 is 2.39 bits per heavy atom. The first-order valence-electron chi connectivity index (χ1n) is 7.17.